The fourth-order valence-electron chi connectivity index (χ4n) is 3.23. The van der Waals surface area contributed by atoms with Crippen LogP contribution < -0.4 is 10.6 Å². The fraction of sp³-hybridized carbons (Fsp3) is 0.304. The van der Waals surface area contributed by atoms with E-state index < -0.39 is 0 Å². The van der Waals surface area contributed by atoms with E-state index >= 15 is 0 Å². The number of benzene rings is 2. The van der Waals surface area contributed by atoms with Crippen LogP contribution in [0, 0.1) is 19.7 Å². The van der Waals surface area contributed by atoms with Crippen LogP contribution in [-0.2, 0) is 13.0 Å². The van der Waals surface area contributed by atoms with E-state index in [-0.39, 0.29) is 11.8 Å². The lowest BCUT2D eigenvalue weighted by Crippen LogP contribution is -2.20. The molecule has 6 heteroatoms. The second-order valence-electron chi connectivity index (χ2n) is 7.17. The quantitative estimate of drug-likeness (QED) is 0.542. The monoisotopic (exact) mass is 394 g/mol. The van der Waals surface area contributed by atoms with Crippen molar-refractivity contribution in [3.05, 3.63) is 76.9 Å². The zero-order valence-corrected chi connectivity index (χ0v) is 17.1. The lowest BCUT2D eigenvalue weighted by molar-refractivity contribution is 0.262. The number of hydrogen-bond donors (Lipinski definition) is 2. The van der Waals surface area contributed by atoms with Crippen molar-refractivity contribution in [1.82, 2.24) is 9.78 Å². The van der Waals surface area contributed by atoms with Crippen LogP contribution in [0.15, 0.2) is 48.5 Å². The molecule has 0 aliphatic carbocycles. The molecule has 0 saturated heterocycles. The number of hydrogen-bond acceptors (Lipinski definition) is 2. The predicted octanol–water partition coefficient (Wildman–Crippen LogP) is 5.67. The van der Waals surface area contributed by atoms with Crippen LogP contribution in [0.1, 0.15) is 42.3 Å². The summed E-state index contributed by atoms with van der Waals surface area (Å²) in [5.41, 5.74) is 4.64. The van der Waals surface area contributed by atoms with Crippen LogP contribution in [0.25, 0.3) is 0 Å². The van der Waals surface area contributed by atoms with Crippen molar-refractivity contribution in [1.29, 1.82) is 0 Å². The first-order chi connectivity index (χ1) is 14.0. The molecule has 0 aliphatic rings. The van der Waals surface area contributed by atoms with Gasteiger partial charge in [-0.3, -0.25) is 4.68 Å². The van der Waals surface area contributed by atoms with E-state index in [1.165, 1.54) is 11.6 Å². The third kappa shape index (κ3) is 5.22. The maximum atomic E-state index is 13.9. The summed E-state index contributed by atoms with van der Waals surface area (Å²) in [6.07, 6.45) is 3.36. The lowest BCUT2D eigenvalue weighted by atomic mass is 10.1. The zero-order chi connectivity index (χ0) is 20.8. The Morgan fingerprint density at radius 2 is 1.79 bits per heavy atom. The number of rotatable bonds is 7. The number of aryl methyl sites for hydroxylation is 2. The summed E-state index contributed by atoms with van der Waals surface area (Å²) in [5.74, 6) is -0.269. The number of carbonyl (C=O) groups excluding carboxylic acids is 1. The maximum Gasteiger partial charge on any atom is 0.323 e. The summed E-state index contributed by atoms with van der Waals surface area (Å²) < 4.78 is 15.6. The standard InChI is InChI=1S/C23H27FN4O/c1-4-5-8-18-11-13-20(14-12-18)25-23(29)26-22-16(2)27-28(17(22)3)15-19-9-6-7-10-21(19)24/h6-7,9-14H,4-5,8,15H2,1-3H3,(H2,25,26,29). The number of aromatic nitrogens is 2. The maximum absolute atomic E-state index is 13.9. The van der Waals surface area contributed by atoms with Crippen LogP contribution >= 0.6 is 0 Å². The third-order valence-electron chi connectivity index (χ3n) is 4.93. The second-order valence-corrected chi connectivity index (χ2v) is 7.17. The van der Waals surface area contributed by atoms with Gasteiger partial charge in [0.25, 0.3) is 0 Å². The van der Waals surface area contributed by atoms with Gasteiger partial charge in [0.2, 0.25) is 0 Å². The topological polar surface area (TPSA) is 59.0 Å². The average molecular weight is 394 g/mol. The molecule has 0 fully saturated rings. The molecular weight excluding hydrogens is 367 g/mol. The first-order valence-corrected chi connectivity index (χ1v) is 9.92. The molecule has 1 aromatic heterocycles. The van der Waals surface area contributed by atoms with Gasteiger partial charge in [-0.25, -0.2) is 9.18 Å². The minimum absolute atomic E-state index is 0.269. The molecule has 0 aliphatic heterocycles. The molecule has 1 heterocycles. The van der Waals surface area contributed by atoms with Gasteiger partial charge in [-0.05, 0) is 50.5 Å². The highest BCUT2D eigenvalue weighted by Crippen LogP contribution is 2.21. The van der Waals surface area contributed by atoms with Crippen molar-refractivity contribution in [2.75, 3.05) is 10.6 Å². The van der Waals surface area contributed by atoms with Crippen molar-refractivity contribution in [2.24, 2.45) is 0 Å². The number of nitrogens with zero attached hydrogens (tertiary/aromatic N) is 2. The first kappa shape index (κ1) is 20.6. The van der Waals surface area contributed by atoms with E-state index in [0.29, 0.717) is 23.5 Å². The minimum Gasteiger partial charge on any atom is -0.308 e. The van der Waals surface area contributed by atoms with E-state index in [9.17, 15) is 9.18 Å². The van der Waals surface area contributed by atoms with E-state index in [1.807, 2.05) is 38.1 Å². The molecule has 0 spiro atoms. The molecule has 0 unspecified atom stereocenters. The van der Waals surface area contributed by atoms with Gasteiger partial charge >= 0.3 is 6.03 Å². The van der Waals surface area contributed by atoms with Crippen molar-refractivity contribution in [3.63, 3.8) is 0 Å². The van der Waals surface area contributed by atoms with Gasteiger partial charge in [0.05, 0.1) is 23.6 Å². The van der Waals surface area contributed by atoms with Crippen LogP contribution in [0.4, 0.5) is 20.6 Å². The molecule has 0 atom stereocenters. The number of carbonyl (C=O) groups is 1. The molecule has 29 heavy (non-hydrogen) atoms. The van der Waals surface area contributed by atoms with Gasteiger partial charge < -0.3 is 10.6 Å². The molecule has 5 nitrogen and oxygen atoms in total. The van der Waals surface area contributed by atoms with Gasteiger partial charge in [-0.15, -0.1) is 0 Å². The SMILES string of the molecule is CCCCc1ccc(NC(=O)Nc2c(C)nn(Cc3ccccc3F)c2C)cc1. The summed E-state index contributed by atoms with van der Waals surface area (Å²) in [7, 11) is 0. The van der Waals surface area contributed by atoms with Crippen LogP contribution in [0.5, 0.6) is 0 Å². The Morgan fingerprint density at radius 3 is 2.48 bits per heavy atom. The van der Waals surface area contributed by atoms with Gasteiger partial charge in [-0.1, -0.05) is 43.7 Å². The Hall–Kier alpha value is -3.15. The van der Waals surface area contributed by atoms with Crippen molar-refractivity contribution in [3.8, 4) is 0 Å². The van der Waals surface area contributed by atoms with Crippen LogP contribution in [0.2, 0.25) is 0 Å². The Balaban J connectivity index is 1.66. The number of urea groups is 1. The third-order valence-corrected chi connectivity index (χ3v) is 4.93. The van der Waals surface area contributed by atoms with Crippen LogP contribution in [-0.4, -0.2) is 15.8 Å². The molecule has 152 valence electrons. The van der Waals surface area contributed by atoms with E-state index in [0.717, 1.165) is 30.6 Å². The zero-order valence-electron chi connectivity index (χ0n) is 17.1. The van der Waals surface area contributed by atoms with Gasteiger partial charge in [0.15, 0.2) is 0 Å². The Morgan fingerprint density at radius 1 is 1.07 bits per heavy atom. The number of unbranched alkanes of at least 4 members (excludes halogenated alkanes) is 1. The minimum atomic E-state index is -0.331. The van der Waals surface area contributed by atoms with Crippen molar-refractivity contribution < 1.29 is 9.18 Å². The largest absolute Gasteiger partial charge is 0.323 e. The molecule has 0 bridgehead atoms. The molecule has 0 saturated carbocycles. The smallest absolute Gasteiger partial charge is 0.308 e. The summed E-state index contributed by atoms with van der Waals surface area (Å²) in [6, 6.07) is 14.2. The molecule has 3 rings (SSSR count). The first-order valence-electron chi connectivity index (χ1n) is 9.92. The van der Waals surface area contributed by atoms with Gasteiger partial charge in [-0.2, -0.15) is 5.10 Å². The Kier molecular flexibility index (Phi) is 6.65. The summed E-state index contributed by atoms with van der Waals surface area (Å²) in [5, 5.41) is 10.2. The second kappa shape index (κ2) is 9.37. The lowest BCUT2D eigenvalue weighted by Gasteiger charge is -2.10. The number of anilines is 2. The Labute approximate surface area is 170 Å². The fourth-order valence-corrected chi connectivity index (χ4v) is 3.23. The van der Waals surface area contributed by atoms with Gasteiger partial charge in [0, 0.05) is 11.3 Å². The Bertz CT molecular complexity index is 979. The predicted molar refractivity (Wildman–Crippen MR) is 115 cm³/mol. The van der Waals surface area contributed by atoms with Crippen LogP contribution in [0.3, 0.4) is 0 Å². The highest BCUT2D eigenvalue weighted by molar-refractivity contribution is 6.00. The van der Waals surface area contributed by atoms with Gasteiger partial charge in [0.1, 0.15) is 5.82 Å². The summed E-state index contributed by atoms with van der Waals surface area (Å²) in [6.45, 7) is 6.16. The normalized spacial score (nSPS) is 10.8. The molecule has 2 amide bonds. The number of halogens is 1. The number of amides is 2. The molecule has 2 N–H and O–H groups in total. The van der Waals surface area contributed by atoms with E-state index in [1.54, 1.807) is 22.9 Å². The summed E-state index contributed by atoms with van der Waals surface area (Å²) in [4.78, 5) is 12.4. The average Bonchev–Trinajstić information content (AvgIpc) is 2.96. The van der Waals surface area contributed by atoms with E-state index in [2.05, 4.69) is 22.7 Å². The van der Waals surface area contributed by atoms with Crippen molar-refractivity contribution >= 4 is 17.4 Å². The molecule has 3 aromatic rings. The summed E-state index contributed by atoms with van der Waals surface area (Å²) >= 11 is 0. The molecular formula is C23H27FN4O. The number of nitrogens with one attached hydrogen (secondary N) is 2. The highest BCUT2D eigenvalue weighted by Gasteiger charge is 2.15. The molecule has 0 radical (unpaired) electrons. The van der Waals surface area contributed by atoms with E-state index in [4.69, 9.17) is 0 Å². The highest BCUT2D eigenvalue weighted by atomic mass is 19.1. The molecule has 2 aromatic carbocycles. The van der Waals surface area contributed by atoms with Crippen molar-refractivity contribution in [2.45, 2.75) is 46.6 Å².